The highest BCUT2D eigenvalue weighted by Crippen LogP contribution is 2.31. The number of ether oxygens (including phenoxy) is 2. The largest absolute Gasteiger partial charge is 0.496 e. The molecule has 0 aliphatic heterocycles. The molecule has 0 saturated heterocycles. The van der Waals surface area contributed by atoms with E-state index in [4.69, 9.17) is 9.47 Å². The Hall–Kier alpha value is -0.550. The van der Waals surface area contributed by atoms with Crippen molar-refractivity contribution in [3.8, 4) is 5.75 Å². The highest BCUT2D eigenvalue weighted by Gasteiger charge is 2.18. The maximum atomic E-state index is 11.6. The molecule has 1 aromatic carbocycles. The smallest absolute Gasteiger partial charge is 0.343 e. The summed E-state index contributed by atoms with van der Waals surface area (Å²) in [4.78, 5) is 11.6. The quantitative estimate of drug-likeness (QED) is 0.793. The molecule has 0 aromatic heterocycles. The number of carbonyl (C=O) groups is 1. The summed E-state index contributed by atoms with van der Waals surface area (Å²) < 4.78 is 11.5. The second-order valence-electron chi connectivity index (χ2n) is 2.69. The van der Waals surface area contributed by atoms with Crippen LogP contribution in [0.3, 0.4) is 0 Å². The van der Waals surface area contributed by atoms with Crippen LogP contribution in [0.4, 0.5) is 0 Å². The van der Waals surface area contributed by atoms with E-state index in [1.54, 1.807) is 19.1 Å². The van der Waals surface area contributed by atoms with Crippen LogP contribution in [0.5, 0.6) is 5.75 Å². The monoisotopic (exact) mass is 336 g/mol. The van der Waals surface area contributed by atoms with Crippen LogP contribution in [0.2, 0.25) is 0 Å². The third-order valence-electron chi connectivity index (χ3n) is 1.72. The number of methoxy groups -OCH3 is 1. The summed E-state index contributed by atoms with van der Waals surface area (Å²) in [6, 6.07) is 3.49. The zero-order valence-electron chi connectivity index (χ0n) is 8.34. The fraction of sp³-hybridized carbons (Fsp3) is 0.300. The average molecular weight is 338 g/mol. The molecule has 1 rings (SSSR count). The molecule has 1 aromatic rings. The van der Waals surface area contributed by atoms with Crippen LogP contribution < -0.4 is 4.74 Å². The normalized spacial score (nSPS) is 9.87. The molecule has 3 nitrogen and oxygen atoms in total. The van der Waals surface area contributed by atoms with Crippen LogP contribution in [-0.4, -0.2) is 19.7 Å². The first-order valence-corrected chi connectivity index (χ1v) is 5.89. The van der Waals surface area contributed by atoms with Gasteiger partial charge in [0.15, 0.2) is 0 Å². The van der Waals surface area contributed by atoms with E-state index in [0.29, 0.717) is 22.4 Å². The molecule has 0 spiro atoms. The number of benzene rings is 1. The molecule has 0 atom stereocenters. The molecule has 82 valence electrons. The summed E-state index contributed by atoms with van der Waals surface area (Å²) in [6.45, 7) is 2.10. The minimum Gasteiger partial charge on any atom is -0.496 e. The Labute approximate surface area is 105 Å². The lowest BCUT2D eigenvalue weighted by molar-refractivity contribution is 0.0521. The van der Waals surface area contributed by atoms with Crippen LogP contribution in [0.25, 0.3) is 0 Å². The number of hydrogen-bond acceptors (Lipinski definition) is 3. The van der Waals surface area contributed by atoms with Gasteiger partial charge in [-0.15, -0.1) is 0 Å². The van der Waals surface area contributed by atoms with Gasteiger partial charge in [0.2, 0.25) is 0 Å². The highest BCUT2D eigenvalue weighted by atomic mass is 79.9. The van der Waals surface area contributed by atoms with Crippen LogP contribution in [0.15, 0.2) is 21.1 Å². The first-order valence-electron chi connectivity index (χ1n) is 4.30. The standard InChI is InChI=1S/C10H10Br2O3/c1-3-15-10(13)9-7(12)4-6(11)5-8(9)14-2/h4-5H,3H2,1-2H3. The van der Waals surface area contributed by atoms with Crippen LogP contribution >= 0.6 is 31.9 Å². The second-order valence-corrected chi connectivity index (χ2v) is 4.46. The summed E-state index contributed by atoms with van der Waals surface area (Å²) in [6.07, 6.45) is 0. The Bertz CT molecular complexity index is 377. The van der Waals surface area contributed by atoms with Crippen molar-refractivity contribution in [1.82, 2.24) is 0 Å². The van der Waals surface area contributed by atoms with Crippen molar-refractivity contribution in [2.45, 2.75) is 6.92 Å². The van der Waals surface area contributed by atoms with Gasteiger partial charge in [0.05, 0.1) is 13.7 Å². The number of halogens is 2. The molecular weight excluding hydrogens is 328 g/mol. The van der Waals surface area contributed by atoms with Crippen molar-refractivity contribution in [2.24, 2.45) is 0 Å². The van der Waals surface area contributed by atoms with E-state index < -0.39 is 5.97 Å². The Morgan fingerprint density at radius 2 is 2.07 bits per heavy atom. The Morgan fingerprint density at radius 3 is 2.60 bits per heavy atom. The van der Waals surface area contributed by atoms with Crippen molar-refractivity contribution in [3.63, 3.8) is 0 Å². The van der Waals surface area contributed by atoms with Crippen molar-refractivity contribution in [1.29, 1.82) is 0 Å². The first-order chi connectivity index (χ1) is 7.10. The molecule has 0 amide bonds. The number of esters is 1. The van der Waals surface area contributed by atoms with Gasteiger partial charge in [-0.1, -0.05) is 15.9 Å². The van der Waals surface area contributed by atoms with Crippen LogP contribution in [-0.2, 0) is 4.74 Å². The fourth-order valence-electron chi connectivity index (χ4n) is 1.11. The molecule has 0 fully saturated rings. The molecule has 0 unspecified atom stereocenters. The number of carbonyl (C=O) groups excluding carboxylic acids is 1. The van der Waals surface area contributed by atoms with Gasteiger partial charge in [-0.3, -0.25) is 0 Å². The van der Waals surface area contributed by atoms with Gasteiger partial charge >= 0.3 is 5.97 Å². The van der Waals surface area contributed by atoms with E-state index in [1.165, 1.54) is 7.11 Å². The van der Waals surface area contributed by atoms with E-state index in [0.717, 1.165) is 4.47 Å². The molecule has 15 heavy (non-hydrogen) atoms. The molecule has 0 radical (unpaired) electrons. The van der Waals surface area contributed by atoms with Gasteiger partial charge in [0.1, 0.15) is 11.3 Å². The van der Waals surface area contributed by atoms with Gasteiger partial charge in [-0.05, 0) is 35.0 Å². The van der Waals surface area contributed by atoms with Gasteiger partial charge in [-0.2, -0.15) is 0 Å². The third-order valence-corrected chi connectivity index (χ3v) is 2.80. The number of rotatable bonds is 3. The van der Waals surface area contributed by atoms with Crippen LogP contribution in [0, 0.1) is 0 Å². The van der Waals surface area contributed by atoms with E-state index in [9.17, 15) is 4.79 Å². The van der Waals surface area contributed by atoms with Crippen molar-refractivity contribution < 1.29 is 14.3 Å². The minimum atomic E-state index is -0.395. The van der Waals surface area contributed by atoms with Gasteiger partial charge in [0.25, 0.3) is 0 Å². The predicted octanol–water partition coefficient (Wildman–Crippen LogP) is 3.40. The summed E-state index contributed by atoms with van der Waals surface area (Å²) in [5, 5.41) is 0. The first kappa shape index (κ1) is 12.5. The van der Waals surface area contributed by atoms with Crippen LogP contribution in [0.1, 0.15) is 17.3 Å². The molecule has 0 aliphatic rings. The molecule has 0 bridgehead atoms. The van der Waals surface area contributed by atoms with Gasteiger partial charge in [-0.25, -0.2) is 4.79 Å². The maximum Gasteiger partial charge on any atom is 0.343 e. The van der Waals surface area contributed by atoms with E-state index in [1.807, 2.05) is 0 Å². The summed E-state index contributed by atoms with van der Waals surface area (Å²) in [7, 11) is 1.51. The Morgan fingerprint density at radius 1 is 1.40 bits per heavy atom. The summed E-state index contributed by atoms with van der Waals surface area (Å²) in [5.74, 6) is 0.0865. The molecule has 5 heteroatoms. The lowest BCUT2D eigenvalue weighted by atomic mass is 10.2. The van der Waals surface area contributed by atoms with E-state index in [-0.39, 0.29) is 0 Å². The van der Waals surface area contributed by atoms with Crippen molar-refractivity contribution in [2.75, 3.05) is 13.7 Å². The average Bonchev–Trinajstić information content (AvgIpc) is 2.16. The van der Waals surface area contributed by atoms with Crippen molar-refractivity contribution in [3.05, 3.63) is 26.6 Å². The molecular formula is C10H10Br2O3. The van der Waals surface area contributed by atoms with E-state index >= 15 is 0 Å². The lowest BCUT2D eigenvalue weighted by Crippen LogP contribution is -2.07. The van der Waals surface area contributed by atoms with Crippen molar-refractivity contribution >= 4 is 37.8 Å². The molecule has 0 heterocycles. The minimum absolute atomic E-state index is 0.338. The van der Waals surface area contributed by atoms with Gasteiger partial charge < -0.3 is 9.47 Å². The zero-order chi connectivity index (χ0) is 11.4. The highest BCUT2D eigenvalue weighted by molar-refractivity contribution is 9.11. The van der Waals surface area contributed by atoms with E-state index in [2.05, 4.69) is 31.9 Å². The number of hydrogen-bond donors (Lipinski definition) is 0. The second kappa shape index (κ2) is 5.51. The maximum absolute atomic E-state index is 11.6. The van der Waals surface area contributed by atoms with Gasteiger partial charge in [0, 0.05) is 8.95 Å². The fourth-order valence-corrected chi connectivity index (χ4v) is 2.46. The zero-order valence-corrected chi connectivity index (χ0v) is 11.5. The lowest BCUT2D eigenvalue weighted by Gasteiger charge is -2.10. The Kier molecular flexibility index (Phi) is 4.60. The SMILES string of the molecule is CCOC(=O)c1c(Br)cc(Br)cc1OC. The summed E-state index contributed by atoms with van der Waals surface area (Å²) >= 11 is 6.61. The summed E-state index contributed by atoms with van der Waals surface area (Å²) in [5.41, 5.74) is 0.405. The molecule has 0 aliphatic carbocycles. The third kappa shape index (κ3) is 2.95. The Balaban J connectivity index is 3.20. The molecule has 0 N–H and O–H groups in total. The topological polar surface area (TPSA) is 35.5 Å². The molecule has 0 saturated carbocycles. The predicted molar refractivity (Wildman–Crippen MR) is 64.4 cm³/mol.